The van der Waals surface area contributed by atoms with Crippen molar-refractivity contribution in [3.8, 4) is 5.88 Å². The van der Waals surface area contributed by atoms with Gasteiger partial charge in [-0.3, -0.25) is 4.79 Å². The minimum atomic E-state index is -0.0161. The fourth-order valence-electron chi connectivity index (χ4n) is 2.23. The molecule has 1 fully saturated rings. The van der Waals surface area contributed by atoms with Crippen molar-refractivity contribution in [1.82, 2.24) is 15.6 Å². The first kappa shape index (κ1) is 16.7. The Hall–Kier alpha value is -1.33. The molecule has 1 heterocycles. The molecule has 0 bridgehead atoms. The molecule has 1 aliphatic carbocycles. The first-order chi connectivity index (χ1) is 9.28. The number of nitrogens with one attached hydrogen (secondary N) is 2. The fraction of sp³-hybridized carbons (Fsp3) is 0.571. The predicted molar refractivity (Wildman–Crippen MR) is 80.1 cm³/mol. The number of rotatable bonds is 6. The Morgan fingerprint density at radius 2 is 2.20 bits per heavy atom. The van der Waals surface area contributed by atoms with Gasteiger partial charge in [0, 0.05) is 18.8 Å². The van der Waals surface area contributed by atoms with E-state index in [2.05, 4.69) is 15.6 Å². The summed E-state index contributed by atoms with van der Waals surface area (Å²) in [6, 6.07) is 3.79. The molecule has 1 amide bonds. The van der Waals surface area contributed by atoms with E-state index in [1.807, 2.05) is 12.1 Å². The van der Waals surface area contributed by atoms with Crippen LogP contribution in [0.4, 0.5) is 0 Å². The van der Waals surface area contributed by atoms with Crippen molar-refractivity contribution in [3.63, 3.8) is 0 Å². The molecule has 0 spiro atoms. The van der Waals surface area contributed by atoms with Crippen LogP contribution < -0.4 is 15.4 Å². The summed E-state index contributed by atoms with van der Waals surface area (Å²) in [6.07, 6.45) is 6.75. The van der Waals surface area contributed by atoms with Crippen LogP contribution in [-0.2, 0) is 11.3 Å². The summed E-state index contributed by atoms with van der Waals surface area (Å²) in [7, 11) is 1.75. The van der Waals surface area contributed by atoms with Gasteiger partial charge >= 0.3 is 0 Å². The van der Waals surface area contributed by atoms with Gasteiger partial charge in [-0.25, -0.2) is 4.98 Å². The third-order valence-electron chi connectivity index (χ3n) is 3.22. The smallest absolute Gasteiger partial charge is 0.234 e. The van der Waals surface area contributed by atoms with Crippen LogP contribution in [0.1, 0.15) is 31.2 Å². The zero-order valence-corrected chi connectivity index (χ0v) is 12.5. The van der Waals surface area contributed by atoms with Gasteiger partial charge in [0.1, 0.15) is 6.10 Å². The van der Waals surface area contributed by atoms with E-state index in [0.29, 0.717) is 25.1 Å². The average molecular weight is 300 g/mol. The number of carbonyl (C=O) groups is 1. The van der Waals surface area contributed by atoms with Crippen LogP contribution in [0.5, 0.6) is 5.88 Å². The fourth-order valence-corrected chi connectivity index (χ4v) is 2.23. The SMILES string of the molecule is CNCC(=O)NCc1ccnc(OC2CCCC2)c1.Cl. The van der Waals surface area contributed by atoms with Gasteiger partial charge in [-0.05, 0) is 44.4 Å². The topological polar surface area (TPSA) is 63.2 Å². The molecular formula is C14H22ClN3O2. The van der Waals surface area contributed by atoms with Crippen LogP contribution in [0.15, 0.2) is 18.3 Å². The highest BCUT2D eigenvalue weighted by Gasteiger charge is 2.16. The van der Waals surface area contributed by atoms with Crippen molar-refractivity contribution in [3.05, 3.63) is 23.9 Å². The second-order valence-electron chi connectivity index (χ2n) is 4.83. The summed E-state index contributed by atoms with van der Waals surface area (Å²) >= 11 is 0. The third-order valence-corrected chi connectivity index (χ3v) is 3.22. The van der Waals surface area contributed by atoms with Gasteiger partial charge in [0.05, 0.1) is 6.54 Å². The predicted octanol–water partition coefficient (Wildman–Crippen LogP) is 1.66. The van der Waals surface area contributed by atoms with Crippen LogP contribution in [0, 0.1) is 0 Å². The highest BCUT2D eigenvalue weighted by atomic mass is 35.5. The minimum Gasteiger partial charge on any atom is -0.474 e. The van der Waals surface area contributed by atoms with E-state index in [0.717, 1.165) is 18.4 Å². The lowest BCUT2D eigenvalue weighted by Gasteiger charge is -2.12. The van der Waals surface area contributed by atoms with Crippen molar-refractivity contribution in [2.75, 3.05) is 13.6 Å². The zero-order chi connectivity index (χ0) is 13.5. The molecule has 5 nitrogen and oxygen atoms in total. The number of likely N-dealkylation sites (N-methyl/N-ethyl adjacent to an activating group) is 1. The number of halogens is 1. The van der Waals surface area contributed by atoms with E-state index < -0.39 is 0 Å². The van der Waals surface area contributed by atoms with Gasteiger partial charge in [0.25, 0.3) is 0 Å². The Morgan fingerprint density at radius 1 is 1.45 bits per heavy atom. The van der Waals surface area contributed by atoms with Gasteiger partial charge in [-0.1, -0.05) is 0 Å². The van der Waals surface area contributed by atoms with E-state index in [1.165, 1.54) is 12.8 Å². The molecule has 1 aliphatic rings. The molecule has 20 heavy (non-hydrogen) atoms. The summed E-state index contributed by atoms with van der Waals surface area (Å²) in [4.78, 5) is 15.6. The van der Waals surface area contributed by atoms with E-state index >= 15 is 0 Å². The molecule has 1 aromatic rings. The second kappa shape index (κ2) is 8.76. The lowest BCUT2D eigenvalue weighted by molar-refractivity contribution is -0.120. The van der Waals surface area contributed by atoms with Gasteiger partial charge in [-0.15, -0.1) is 12.4 Å². The molecule has 0 aromatic carbocycles. The van der Waals surface area contributed by atoms with Crippen molar-refractivity contribution in [2.24, 2.45) is 0 Å². The summed E-state index contributed by atoms with van der Waals surface area (Å²) in [5, 5.41) is 5.65. The Morgan fingerprint density at radius 3 is 2.90 bits per heavy atom. The maximum absolute atomic E-state index is 11.4. The van der Waals surface area contributed by atoms with Crippen LogP contribution >= 0.6 is 12.4 Å². The lowest BCUT2D eigenvalue weighted by atomic mass is 10.2. The Kier molecular flexibility index (Phi) is 7.33. The van der Waals surface area contributed by atoms with Crippen molar-refractivity contribution < 1.29 is 9.53 Å². The largest absolute Gasteiger partial charge is 0.474 e. The highest BCUT2D eigenvalue weighted by molar-refractivity contribution is 5.85. The summed E-state index contributed by atoms with van der Waals surface area (Å²) in [6.45, 7) is 0.834. The van der Waals surface area contributed by atoms with Gasteiger partial charge in [0.2, 0.25) is 11.8 Å². The second-order valence-corrected chi connectivity index (χ2v) is 4.83. The van der Waals surface area contributed by atoms with Gasteiger partial charge in [0.15, 0.2) is 0 Å². The molecule has 0 saturated heterocycles. The summed E-state index contributed by atoms with van der Waals surface area (Å²) < 4.78 is 5.83. The van der Waals surface area contributed by atoms with Crippen LogP contribution in [0.25, 0.3) is 0 Å². The maximum Gasteiger partial charge on any atom is 0.234 e. The number of hydrogen-bond donors (Lipinski definition) is 2. The third kappa shape index (κ3) is 5.35. The summed E-state index contributed by atoms with van der Waals surface area (Å²) in [5.41, 5.74) is 1.01. The Bertz CT molecular complexity index is 423. The quantitative estimate of drug-likeness (QED) is 0.838. The van der Waals surface area contributed by atoms with E-state index in [-0.39, 0.29) is 18.3 Å². The molecule has 0 radical (unpaired) electrons. The molecular weight excluding hydrogens is 278 g/mol. The molecule has 2 N–H and O–H groups in total. The number of aromatic nitrogens is 1. The number of amides is 1. The van der Waals surface area contributed by atoms with Crippen molar-refractivity contribution in [1.29, 1.82) is 0 Å². The molecule has 1 aromatic heterocycles. The first-order valence-corrected chi connectivity index (χ1v) is 6.81. The van der Waals surface area contributed by atoms with E-state index in [4.69, 9.17) is 4.74 Å². The van der Waals surface area contributed by atoms with Gasteiger partial charge in [-0.2, -0.15) is 0 Å². The first-order valence-electron chi connectivity index (χ1n) is 6.81. The van der Waals surface area contributed by atoms with E-state index in [1.54, 1.807) is 13.2 Å². The molecule has 6 heteroatoms. The van der Waals surface area contributed by atoms with Crippen LogP contribution in [0.3, 0.4) is 0 Å². The standard InChI is InChI=1S/C14H21N3O2.ClH/c1-15-10-13(18)17-9-11-6-7-16-14(8-11)19-12-4-2-3-5-12;/h6-8,12,15H,2-5,9-10H2,1H3,(H,17,18);1H. The lowest BCUT2D eigenvalue weighted by Crippen LogP contribution is -2.31. The molecule has 0 atom stereocenters. The highest BCUT2D eigenvalue weighted by Crippen LogP contribution is 2.23. The maximum atomic E-state index is 11.4. The zero-order valence-electron chi connectivity index (χ0n) is 11.7. The van der Waals surface area contributed by atoms with E-state index in [9.17, 15) is 4.79 Å². The van der Waals surface area contributed by atoms with Crippen LogP contribution in [0.2, 0.25) is 0 Å². The van der Waals surface area contributed by atoms with Crippen molar-refractivity contribution >= 4 is 18.3 Å². The summed E-state index contributed by atoms with van der Waals surface area (Å²) in [5.74, 6) is 0.643. The minimum absolute atomic E-state index is 0. The number of hydrogen-bond acceptors (Lipinski definition) is 4. The van der Waals surface area contributed by atoms with Gasteiger partial charge < -0.3 is 15.4 Å². The number of ether oxygens (including phenoxy) is 1. The monoisotopic (exact) mass is 299 g/mol. The molecule has 112 valence electrons. The normalized spacial score (nSPS) is 14.7. The number of nitrogens with zero attached hydrogens (tertiary/aromatic N) is 1. The Labute approximate surface area is 125 Å². The van der Waals surface area contributed by atoms with Crippen LogP contribution in [-0.4, -0.2) is 30.6 Å². The number of carbonyl (C=O) groups excluding carboxylic acids is 1. The average Bonchev–Trinajstić information content (AvgIpc) is 2.90. The molecule has 0 aliphatic heterocycles. The molecule has 1 saturated carbocycles. The number of pyridine rings is 1. The Balaban J connectivity index is 0.00000200. The molecule has 2 rings (SSSR count). The molecule has 0 unspecified atom stereocenters. The van der Waals surface area contributed by atoms with Crippen molar-refractivity contribution in [2.45, 2.75) is 38.3 Å².